The number of halogens is 1. The number of nitrogens with zero attached hydrogens (tertiary/aromatic N) is 2. The van der Waals surface area contributed by atoms with Gasteiger partial charge in [-0.2, -0.15) is 0 Å². The molecule has 0 aromatic heterocycles. The van der Waals surface area contributed by atoms with E-state index in [1.165, 1.54) is 0 Å². The number of hydrogen-bond acceptors (Lipinski definition) is 3. The van der Waals surface area contributed by atoms with Crippen molar-refractivity contribution in [3.05, 3.63) is 29.3 Å². The summed E-state index contributed by atoms with van der Waals surface area (Å²) in [6, 6.07) is 8.01. The van der Waals surface area contributed by atoms with Crippen LogP contribution in [0.4, 0.5) is 5.69 Å². The largest absolute Gasteiger partial charge is 0.376 e. The van der Waals surface area contributed by atoms with Gasteiger partial charge in [-0.05, 0) is 37.2 Å². The average molecular weight is 340 g/mol. The van der Waals surface area contributed by atoms with Crippen LogP contribution in [0.1, 0.15) is 12.8 Å². The Morgan fingerprint density at radius 1 is 1.27 bits per heavy atom. The summed E-state index contributed by atoms with van der Waals surface area (Å²) >= 11 is 11.8. The Morgan fingerprint density at radius 2 is 2.05 bits per heavy atom. The summed E-state index contributed by atoms with van der Waals surface area (Å²) in [5.74, 6) is 0. The predicted molar refractivity (Wildman–Crippen MR) is 94.8 cm³/mol. The number of ether oxygens (including phenoxy) is 1. The fourth-order valence-corrected chi connectivity index (χ4v) is 3.50. The first kappa shape index (κ1) is 15.8. The molecule has 0 radical (unpaired) electrons. The van der Waals surface area contributed by atoms with E-state index in [0.29, 0.717) is 6.10 Å². The van der Waals surface area contributed by atoms with E-state index in [-0.39, 0.29) is 0 Å². The van der Waals surface area contributed by atoms with E-state index in [1.54, 1.807) is 0 Å². The van der Waals surface area contributed by atoms with E-state index in [9.17, 15) is 0 Å². The van der Waals surface area contributed by atoms with Gasteiger partial charge in [0, 0.05) is 39.3 Å². The summed E-state index contributed by atoms with van der Waals surface area (Å²) in [7, 11) is 0. The Kier molecular flexibility index (Phi) is 5.39. The second kappa shape index (κ2) is 7.49. The van der Waals surface area contributed by atoms with Crippen molar-refractivity contribution in [2.45, 2.75) is 18.9 Å². The summed E-state index contributed by atoms with van der Waals surface area (Å²) < 4.78 is 5.62. The van der Waals surface area contributed by atoms with E-state index >= 15 is 0 Å². The zero-order chi connectivity index (χ0) is 15.4. The van der Waals surface area contributed by atoms with Crippen LogP contribution in [0.25, 0.3) is 0 Å². The van der Waals surface area contributed by atoms with Crippen molar-refractivity contribution in [1.82, 2.24) is 10.2 Å². The molecule has 2 aliphatic rings. The van der Waals surface area contributed by atoms with Crippen LogP contribution < -0.4 is 10.2 Å². The fourth-order valence-electron chi connectivity index (χ4n) is 2.98. The summed E-state index contributed by atoms with van der Waals surface area (Å²) in [6.45, 7) is 5.42. The summed E-state index contributed by atoms with van der Waals surface area (Å²) in [5, 5.41) is 5.00. The molecular weight excluding hydrogens is 318 g/mol. The van der Waals surface area contributed by atoms with Gasteiger partial charge in [0.15, 0.2) is 5.11 Å². The summed E-state index contributed by atoms with van der Waals surface area (Å²) in [6.07, 6.45) is 2.62. The van der Waals surface area contributed by atoms with E-state index in [2.05, 4.69) is 21.2 Å². The highest BCUT2D eigenvalue weighted by Crippen LogP contribution is 2.26. The maximum atomic E-state index is 6.27. The lowest BCUT2D eigenvalue weighted by Crippen LogP contribution is -2.52. The minimum absolute atomic E-state index is 0.322. The van der Waals surface area contributed by atoms with E-state index in [1.807, 2.05) is 18.2 Å². The summed E-state index contributed by atoms with van der Waals surface area (Å²) in [5.41, 5.74) is 1.11. The molecule has 0 aliphatic carbocycles. The number of piperazine rings is 1. The van der Waals surface area contributed by atoms with Gasteiger partial charge < -0.3 is 19.9 Å². The minimum atomic E-state index is 0.322. The molecule has 0 bridgehead atoms. The highest BCUT2D eigenvalue weighted by molar-refractivity contribution is 7.80. The zero-order valence-electron chi connectivity index (χ0n) is 12.6. The lowest BCUT2D eigenvalue weighted by atomic mass is 10.2. The molecule has 2 saturated heterocycles. The van der Waals surface area contributed by atoms with Crippen molar-refractivity contribution in [2.24, 2.45) is 0 Å². The monoisotopic (exact) mass is 339 g/mol. The number of nitrogens with one attached hydrogen (secondary N) is 1. The maximum Gasteiger partial charge on any atom is 0.169 e. The molecule has 22 heavy (non-hydrogen) atoms. The Labute approximate surface area is 142 Å². The average Bonchev–Trinajstić information content (AvgIpc) is 3.07. The van der Waals surface area contributed by atoms with Crippen LogP contribution in [0.5, 0.6) is 0 Å². The van der Waals surface area contributed by atoms with Gasteiger partial charge in [-0.25, -0.2) is 0 Å². The molecule has 1 N–H and O–H groups in total. The Balaban J connectivity index is 1.46. The quantitative estimate of drug-likeness (QED) is 0.854. The second-order valence-corrected chi connectivity index (χ2v) is 6.54. The Morgan fingerprint density at radius 3 is 2.73 bits per heavy atom. The molecule has 1 unspecified atom stereocenters. The third-order valence-electron chi connectivity index (χ3n) is 4.26. The van der Waals surface area contributed by atoms with E-state index in [0.717, 1.165) is 68.0 Å². The van der Waals surface area contributed by atoms with Gasteiger partial charge in [0.25, 0.3) is 0 Å². The van der Waals surface area contributed by atoms with Crippen molar-refractivity contribution < 1.29 is 4.74 Å². The molecule has 1 aromatic carbocycles. The van der Waals surface area contributed by atoms with Crippen LogP contribution in [-0.4, -0.2) is 55.4 Å². The van der Waals surface area contributed by atoms with Gasteiger partial charge in [0.05, 0.1) is 16.8 Å². The van der Waals surface area contributed by atoms with E-state index < -0.39 is 0 Å². The minimum Gasteiger partial charge on any atom is -0.376 e. The number of rotatable bonds is 3. The van der Waals surface area contributed by atoms with Crippen LogP contribution in [0.2, 0.25) is 5.02 Å². The summed E-state index contributed by atoms with van der Waals surface area (Å²) in [4.78, 5) is 4.55. The highest BCUT2D eigenvalue weighted by atomic mass is 35.5. The molecule has 2 aliphatic heterocycles. The van der Waals surface area contributed by atoms with Gasteiger partial charge in [-0.1, -0.05) is 23.7 Å². The van der Waals surface area contributed by atoms with Gasteiger partial charge >= 0.3 is 0 Å². The first-order valence-electron chi connectivity index (χ1n) is 7.88. The SMILES string of the molecule is S=C(NCC1CCCO1)N1CCN(c2ccccc2Cl)CC1. The lowest BCUT2D eigenvalue weighted by molar-refractivity contribution is 0.113. The fraction of sp³-hybridized carbons (Fsp3) is 0.562. The molecular formula is C16H22ClN3OS. The lowest BCUT2D eigenvalue weighted by Gasteiger charge is -2.37. The van der Waals surface area contributed by atoms with Gasteiger partial charge in [-0.3, -0.25) is 0 Å². The van der Waals surface area contributed by atoms with Crippen LogP contribution in [0.3, 0.4) is 0 Å². The first-order chi connectivity index (χ1) is 10.7. The maximum absolute atomic E-state index is 6.27. The first-order valence-corrected chi connectivity index (χ1v) is 8.66. The van der Waals surface area contributed by atoms with Crippen LogP contribution in [0, 0.1) is 0 Å². The van der Waals surface area contributed by atoms with Crippen LogP contribution in [-0.2, 0) is 4.74 Å². The molecule has 1 aromatic rings. The van der Waals surface area contributed by atoms with Gasteiger partial charge in [0.1, 0.15) is 0 Å². The molecule has 120 valence electrons. The smallest absolute Gasteiger partial charge is 0.169 e. The second-order valence-electron chi connectivity index (χ2n) is 5.75. The molecule has 3 rings (SSSR count). The zero-order valence-corrected chi connectivity index (χ0v) is 14.2. The van der Waals surface area contributed by atoms with Crippen molar-refractivity contribution >= 4 is 34.6 Å². The van der Waals surface area contributed by atoms with Gasteiger partial charge in [-0.15, -0.1) is 0 Å². The molecule has 2 heterocycles. The van der Waals surface area contributed by atoms with Crippen molar-refractivity contribution in [1.29, 1.82) is 0 Å². The number of anilines is 1. The molecule has 2 fully saturated rings. The molecule has 6 heteroatoms. The number of benzene rings is 1. The molecule has 1 atom stereocenters. The number of para-hydroxylation sites is 1. The highest BCUT2D eigenvalue weighted by Gasteiger charge is 2.21. The standard InChI is InChI=1S/C16H22ClN3OS/c17-14-5-1-2-6-15(14)19-7-9-20(10-8-19)16(22)18-12-13-4-3-11-21-13/h1-2,5-6,13H,3-4,7-12H2,(H,18,22). The number of thiocarbonyl (C=S) groups is 1. The molecule has 0 saturated carbocycles. The van der Waals surface area contributed by atoms with Crippen molar-refractivity contribution in [3.8, 4) is 0 Å². The van der Waals surface area contributed by atoms with Crippen LogP contribution in [0.15, 0.2) is 24.3 Å². The molecule has 4 nitrogen and oxygen atoms in total. The molecule has 0 spiro atoms. The van der Waals surface area contributed by atoms with E-state index in [4.69, 9.17) is 28.6 Å². The third kappa shape index (κ3) is 3.83. The van der Waals surface area contributed by atoms with Gasteiger partial charge in [0.2, 0.25) is 0 Å². The Hall–Kier alpha value is -1.04. The Bertz CT molecular complexity index is 514. The van der Waals surface area contributed by atoms with Crippen LogP contribution >= 0.6 is 23.8 Å². The topological polar surface area (TPSA) is 27.7 Å². The third-order valence-corrected chi connectivity index (χ3v) is 4.99. The molecule has 0 amide bonds. The normalized spacial score (nSPS) is 22.0. The van der Waals surface area contributed by atoms with Crippen molar-refractivity contribution in [3.63, 3.8) is 0 Å². The predicted octanol–water partition coefficient (Wildman–Crippen LogP) is 2.52. The van der Waals surface area contributed by atoms with Crippen molar-refractivity contribution in [2.75, 3.05) is 44.2 Å². The number of hydrogen-bond donors (Lipinski definition) is 1.